The third-order valence-corrected chi connectivity index (χ3v) is 0.0825. The lowest BCUT2D eigenvalue weighted by molar-refractivity contribution is 0.400. The van der Waals surface area contributed by atoms with Gasteiger partial charge in [-0.2, -0.15) is 8.78 Å². The summed E-state index contributed by atoms with van der Waals surface area (Å²) in [7, 11) is -0.139. The van der Waals surface area contributed by atoms with E-state index in [1.54, 1.807) is 0 Å². The molecule has 0 rings (SSSR count). The third-order valence-electron chi connectivity index (χ3n) is 0.0825. The Morgan fingerprint density at radius 2 is 1.33 bits per heavy atom. The molecule has 0 aromatic heterocycles. The van der Waals surface area contributed by atoms with E-state index in [1.165, 1.54) is 0 Å². The fourth-order valence-electron chi connectivity index (χ4n) is 0. The maximum atomic E-state index is 10.2. The molecule has 0 atom stereocenters. The first kappa shape index (κ1) is 11.5. The maximum absolute atomic E-state index is 10.2. The second-order valence-corrected chi connectivity index (χ2v) is 5.59. The van der Waals surface area contributed by atoms with Crippen molar-refractivity contribution in [3.63, 3.8) is 0 Å². The van der Waals surface area contributed by atoms with Crippen molar-refractivity contribution in [1.29, 1.82) is 0 Å². The average molecular weight is 156 g/mol. The van der Waals surface area contributed by atoms with E-state index in [2.05, 4.69) is 19.6 Å². The Balaban J connectivity index is 0. The standard InChI is InChI=1S/C3H10Si.C2HF3/c1-4(2)3;3-1-2(4)5/h4H,1-3H3;1H. The third kappa shape index (κ3) is 83.8. The quantitative estimate of drug-likeness (QED) is 0.473. The van der Waals surface area contributed by atoms with Crippen LogP contribution in [0.15, 0.2) is 12.4 Å². The number of halogens is 3. The minimum Gasteiger partial charge on any atom is -0.210 e. The Kier molecular flexibility index (Phi) is 9.93. The number of rotatable bonds is 0. The summed E-state index contributed by atoms with van der Waals surface area (Å²) in [5, 5.41) is 0. The van der Waals surface area contributed by atoms with Gasteiger partial charge in [0.1, 0.15) is 0 Å². The van der Waals surface area contributed by atoms with E-state index in [0.29, 0.717) is 0 Å². The smallest absolute Gasteiger partial charge is 0.210 e. The molecule has 0 aromatic carbocycles. The van der Waals surface area contributed by atoms with Crippen LogP contribution in [0.2, 0.25) is 19.6 Å². The summed E-state index contributed by atoms with van der Waals surface area (Å²) in [5.41, 5.74) is 0. The number of hydrogen-bond donors (Lipinski definition) is 0. The summed E-state index contributed by atoms with van der Waals surface area (Å²) in [6.45, 7) is 6.92. The van der Waals surface area contributed by atoms with E-state index in [0.717, 1.165) is 0 Å². The lowest BCUT2D eigenvalue weighted by atomic mass is 11.1. The van der Waals surface area contributed by atoms with Crippen molar-refractivity contribution in [3.8, 4) is 0 Å². The molecule has 0 aromatic rings. The minimum absolute atomic E-state index is 0.139. The molecule has 0 heterocycles. The summed E-state index contributed by atoms with van der Waals surface area (Å²) < 4.78 is 30.7. The second-order valence-electron chi connectivity index (χ2n) is 2.13. The van der Waals surface area contributed by atoms with Crippen molar-refractivity contribution >= 4 is 8.80 Å². The van der Waals surface area contributed by atoms with Crippen LogP contribution in [0.1, 0.15) is 0 Å². The highest BCUT2D eigenvalue weighted by Gasteiger charge is 1.78. The SMILES string of the molecule is C[SiH](C)C.FC=C(F)F. The number of hydrogen-bond acceptors (Lipinski definition) is 0. The van der Waals surface area contributed by atoms with Crippen LogP contribution in [-0.4, -0.2) is 8.80 Å². The van der Waals surface area contributed by atoms with E-state index < -0.39 is 12.4 Å². The van der Waals surface area contributed by atoms with Gasteiger partial charge in [-0.1, -0.05) is 19.6 Å². The molecule has 0 N–H and O–H groups in total. The molecule has 0 saturated carbocycles. The highest BCUT2D eigenvalue weighted by atomic mass is 28.3. The molecule has 0 radical (unpaired) electrons. The van der Waals surface area contributed by atoms with Crippen molar-refractivity contribution in [1.82, 2.24) is 0 Å². The van der Waals surface area contributed by atoms with E-state index in [4.69, 9.17) is 0 Å². The Morgan fingerprint density at radius 3 is 1.33 bits per heavy atom. The van der Waals surface area contributed by atoms with Gasteiger partial charge in [0.25, 0.3) is 6.08 Å². The molecule has 56 valence electrons. The zero-order chi connectivity index (χ0) is 7.86. The highest BCUT2D eigenvalue weighted by Crippen LogP contribution is 1.93. The average Bonchev–Trinajstić information content (AvgIpc) is 1.65. The molecule has 4 heteroatoms. The fourth-order valence-corrected chi connectivity index (χ4v) is 0. The molecule has 0 fully saturated rings. The lowest BCUT2D eigenvalue weighted by Gasteiger charge is -1.75. The topological polar surface area (TPSA) is 0 Å². The first-order chi connectivity index (χ1) is 4.00. The molecule has 0 spiro atoms. The van der Waals surface area contributed by atoms with Crippen LogP contribution in [0.3, 0.4) is 0 Å². The van der Waals surface area contributed by atoms with Crippen molar-refractivity contribution in [2.75, 3.05) is 0 Å². The van der Waals surface area contributed by atoms with Gasteiger partial charge in [-0.15, -0.1) is 0 Å². The summed E-state index contributed by atoms with van der Waals surface area (Å²) in [6.07, 6.45) is -3.04. The molecule has 0 nitrogen and oxygen atoms in total. The Hall–Kier alpha value is -0.253. The predicted octanol–water partition coefficient (Wildman–Crippen LogP) is 2.80. The molecule has 9 heavy (non-hydrogen) atoms. The van der Waals surface area contributed by atoms with Gasteiger partial charge < -0.3 is 0 Å². The van der Waals surface area contributed by atoms with Gasteiger partial charge in [0.05, 0.1) is 0 Å². The Morgan fingerprint density at radius 1 is 1.22 bits per heavy atom. The Labute approximate surface area is 55.0 Å². The molecule has 0 aliphatic rings. The Bertz CT molecular complexity index is 73.5. The van der Waals surface area contributed by atoms with Gasteiger partial charge in [-0.05, 0) is 0 Å². The summed E-state index contributed by atoms with van der Waals surface area (Å²) in [5.74, 6) is 0. The van der Waals surface area contributed by atoms with Crippen LogP contribution >= 0.6 is 0 Å². The molecule has 0 bridgehead atoms. The van der Waals surface area contributed by atoms with Crippen LogP contribution in [0.25, 0.3) is 0 Å². The predicted molar refractivity (Wildman–Crippen MR) is 36.1 cm³/mol. The summed E-state index contributed by atoms with van der Waals surface area (Å²) in [6, 6.07) is 0. The molecule has 0 saturated heterocycles. The van der Waals surface area contributed by atoms with Crippen LogP contribution < -0.4 is 0 Å². The van der Waals surface area contributed by atoms with Crippen LogP contribution in [-0.2, 0) is 0 Å². The van der Waals surface area contributed by atoms with Crippen molar-refractivity contribution in [2.45, 2.75) is 19.6 Å². The highest BCUT2D eigenvalue weighted by molar-refractivity contribution is 6.54. The van der Waals surface area contributed by atoms with Gasteiger partial charge in [0.2, 0.25) is 0 Å². The molecular formula is C5H11F3Si. The zero-order valence-corrected chi connectivity index (χ0v) is 6.94. The maximum Gasteiger partial charge on any atom is 0.298 e. The monoisotopic (exact) mass is 156 g/mol. The van der Waals surface area contributed by atoms with Crippen molar-refractivity contribution in [2.24, 2.45) is 0 Å². The molecule has 0 amide bonds. The second kappa shape index (κ2) is 7.75. The van der Waals surface area contributed by atoms with Crippen LogP contribution in [0.5, 0.6) is 0 Å². The van der Waals surface area contributed by atoms with Crippen molar-refractivity contribution in [3.05, 3.63) is 12.4 Å². The van der Waals surface area contributed by atoms with Gasteiger partial charge in [-0.3, -0.25) is 0 Å². The van der Waals surface area contributed by atoms with Gasteiger partial charge in [0, 0.05) is 8.80 Å². The molecule has 0 unspecified atom stereocenters. The largest absolute Gasteiger partial charge is 0.298 e. The minimum atomic E-state index is -2.29. The summed E-state index contributed by atoms with van der Waals surface area (Å²) in [4.78, 5) is 0. The van der Waals surface area contributed by atoms with E-state index in [9.17, 15) is 13.2 Å². The van der Waals surface area contributed by atoms with Crippen LogP contribution in [0, 0.1) is 0 Å². The van der Waals surface area contributed by atoms with Gasteiger partial charge in [0.15, 0.2) is 6.33 Å². The first-order valence-electron chi connectivity index (χ1n) is 2.62. The van der Waals surface area contributed by atoms with E-state index in [-0.39, 0.29) is 8.80 Å². The van der Waals surface area contributed by atoms with E-state index >= 15 is 0 Å². The zero-order valence-electron chi connectivity index (χ0n) is 5.79. The fraction of sp³-hybridized carbons (Fsp3) is 0.600. The lowest BCUT2D eigenvalue weighted by Crippen LogP contribution is -1.84. The van der Waals surface area contributed by atoms with E-state index in [1.807, 2.05) is 0 Å². The molecule has 0 aliphatic heterocycles. The first-order valence-corrected chi connectivity index (χ1v) is 6.08. The van der Waals surface area contributed by atoms with Gasteiger partial charge >= 0.3 is 0 Å². The molecular weight excluding hydrogens is 145 g/mol. The molecule has 0 aliphatic carbocycles. The normalized spacial score (nSPS) is 7.89. The van der Waals surface area contributed by atoms with Gasteiger partial charge in [-0.25, -0.2) is 4.39 Å². The van der Waals surface area contributed by atoms with Crippen LogP contribution in [0.4, 0.5) is 13.2 Å². The summed E-state index contributed by atoms with van der Waals surface area (Å²) >= 11 is 0. The van der Waals surface area contributed by atoms with Crippen molar-refractivity contribution < 1.29 is 13.2 Å².